The van der Waals surface area contributed by atoms with Crippen molar-refractivity contribution < 1.29 is 0 Å². The van der Waals surface area contributed by atoms with E-state index in [1.807, 2.05) is 44.2 Å². The summed E-state index contributed by atoms with van der Waals surface area (Å²) in [6.07, 6.45) is 12.9. The molecular formula is C18H20N2. The highest BCUT2D eigenvalue weighted by molar-refractivity contribution is 5.75. The van der Waals surface area contributed by atoms with Gasteiger partial charge in [-0.2, -0.15) is 0 Å². The Morgan fingerprint density at radius 2 is 1.75 bits per heavy atom. The maximum Gasteiger partial charge on any atom is 0.159 e. The zero-order valence-electron chi connectivity index (χ0n) is 12.1. The van der Waals surface area contributed by atoms with E-state index in [4.69, 9.17) is 0 Å². The number of hydrogen-bond donors (Lipinski definition) is 0. The highest BCUT2D eigenvalue weighted by Crippen LogP contribution is 2.18. The minimum Gasteiger partial charge on any atom is -0.233 e. The molecule has 0 aliphatic heterocycles. The predicted octanol–water partition coefficient (Wildman–Crippen LogP) is 4.69. The largest absolute Gasteiger partial charge is 0.233 e. The first-order chi connectivity index (χ1) is 9.65. The van der Waals surface area contributed by atoms with E-state index in [2.05, 4.69) is 29.7 Å². The van der Waals surface area contributed by atoms with E-state index in [1.54, 1.807) is 18.2 Å². The fourth-order valence-electron chi connectivity index (χ4n) is 1.66. The molecule has 0 amide bonds. The van der Waals surface area contributed by atoms with Crippen molar-refractivity contribution in [1.29, 1.82) is 0 Å². The molecule has 0 bridgehead atoms. The van der Waals surface area contributed by atoms with Crippen LogP contribution in [-0.4, -0.2) is 9.97 Å². The molecule has 0 radical (unpaired) electrons. The molecule has 0 aromatic carbocycles. The normalized spacial score (nSPS) is 12.5. The number of aryl methyl sites for hydroxylation is 1. The third-order valence-corrected chi connectivity index (χ3v) is 2.61. The summed E-state index contributed by atoms with van der Waals surface area (Å²) < 4.78 is 0. The number of nitrogens with zero attached hydrogens (tertiary/aromatic N) is 2. The van der Waals surface area contributed by atoms with Gasteiger partial charge in [0.2, 0.25) is 0 Å². The second kappa shape index (κ2) is 7.85. The van der Waals surface area contributed by atoms with Gasteiger partial charge in [-0.1, -0.05) is 62.3 Å². The maximum atomic E-state index is 4.58. The second-order valence-electron chi connectivity index (χ2n) is 4.13. The number of rotatable bonds is 6. The Hall–Kier alpha value is -2.48. The van der Waals surface area contributed by atoms with E-state index in [-0.39, 0.29) is 0 Å². The summed E-state index contributed by atoms with van der Waals surface area (Å²) in [5.41, 5.74) is 3.53. The van der Waals surface area contributed by atoms with Crippen molar-refractivity contribution in [2.24, 2.45) is 0 Å². The van der Waals surface area contributed by atoms with Crippen molar-refractivity contribution in [3.8, 4) is 0 Å². The van der Waals surface area contributed by atoms with Gasteiger partial charge in [-0.25, -0.2) is 9.97 Å². The van der Waals surface area contributed by atoms with Gasteiger partial charge in [0.05, 0.1) is 5.69 Å². The average Bonchev–Trinajstić information content (AvgIpc) is 2.45. The van der Waals surface area contributed by atoms with E-state index < -0.39 is 0 Å². The van der Waals surface area contributed by atoms with E-state index in [0.29, 0.717) is 5.82 Å². The van der Waals surface area contributed by atoms with Gasteiger partial charge in [-0.3, -0.25) is 0 Å². The van der Waals surface area contributed by atoms with Crippen molar-refractivity contribution in [1.82, 2.24) is 9.97 Å². The molecule has 1 heterocycles. The van der Waals surface area contributed by atoms with Crippen molar-refractivity contribution in [3.63, 3.8) is 0 Å². The molecule has 0 aliphatic rings. The molecule has 1 rings (SSSR count). The van der Waals surface area contributed by atoms with Gasteiger partial charge in [-0.15, -0.1) is 0 Å². The first-order valence-electron chi connectivity index (χ1n) is 6.43. The lowest BCUT2D eigenvalue weighted by atomic mass is 10.1. The molecule has 1 aromatic rings. The molecule has 0 N–H and O–H groups in total. The molecule has 0 fully saturated rings. The predicted molar refractivity (Wildman–Crippen MR) is 88.1 cm³/mol. The molecule has 0 spiro atoms. The van der Waals surface area contributed by atoms with Crippen LogP contribution in [0.3, 0.4) is 0 Å². The SMILES string of the molecule is C=C/C=C(\C=C)c1cc(C)nc(/C(C=C)=C/C=C\C)n1. The number of aromatic nitrogens is 2. The summed E-state index contributed by atoms with van der Waals surface area (Å²) in [5, 5.41) is 0. The minimum absolute atomic E-state index is 0.657. The summed E-state index contributed by atoms with van der Waals surface area (Å²) in [7, 11) is 0. The highest BCUT2D eigenvalue weighted by atomic mass is 14.9. The number of hydrogen-bond acceptors (Lipinski definition) is 2. The summed E-state index contributed by atoms with van der Waals surface area (Å²) in [5.74, 6) is 0.657. The zero-order chi connectivity index (χ0) is 15.0. The van der Waals surface area contributed by atoms with Gasteiger partial charge in [-0.05, 0) is 25.5 Å². The van der Waals surface area contributed by atoms with Crippen LogP contribution >= 0.6 is 0 Å². The van der Waals surface area contributed by atoms with Crippen LogP contribution in [0.5, 0.6) is 0 Å². The summed E-state index contributed by atoms with van der Waals surface area (Å²) in [4.78, 5) is 9.04. The first-order valence-corrected chi connectivity index (χ1v) is 6.43. The van der Waals surface area contributed by atoms with E-state index in [1.165, 1.54) is 0 Å². The molecule has 102 valence electrons. The summed E-state index contributed by atoms with van der Waals surface area (Å²) in [6.45, 7) is 15.2. The zero-order valence-corrected chi connectivity index (χ0v) is 12.1. The van der Waals surface area contributed by atoms with Gasteiger partial charge in [0.15, 0.2) is 5.82 Å². The Balaban J connectivity index is 3.40. The molecule has 0 saturated carbocycles. The molecule has 0 unspecified atom stereocenters. The Morgan fingerprint density at radius 3 is 2.30 bits per heavy atom. The minimum atomic E-state index is 0.657. The Bertz CT molecular complexity index is 602. The topological polar surface area (TPSA) is 25.8 Å². The van der Waals surface area contributed by atoms with Crippen LogP contribution in [-0.2, 0) is 0 Å². The molecule has 2 heteroatoms. The average molecular weight is 264 g/mol. The molecule has 2 nitrogen and oxygen atoms in total. The monoisotopic (exact) mass is 264 g/mol. The first kappa shape index (κ1) is 15.6. The fraction of sp³-hybridized carbons (Fsp3) is 0.111. The van der Waals surface area contributed by atoms with Crippen LogP contribution in [0.25, 0.3) is 11.1 Å². The maximum absolute atomic E-state index is 4.58. The summed E-state index contributed by atoms with van der Waals surface area (Å²) >= 11 is 0. The third kappa shape index (κ3) is 4.02. The van der Waals surface area contributed by atoms with Crippen LogP contribution in [0.4, 0.5) is 0 Å². The molecule has 0 aliphatic carbocycles. The standard InChI is InChI=1S/C18H20N2/c1-6-10-12-16(9-4)18-19-14(5)13-17(20-18)15(8-3)11-7-2/h6-13H,2-4H2,1,5H3/b10-6-,15-11+,16-12+. The molecule has 1 aromatic heterocycles. The van der Waals surface area contributed by atoms with Crippen LogP contribution in [0.1, 0.15) is 24.1 Å². The lowest BCUT2D eigenvalue weighted by Gasteiger charge is -2.07. The van der Waals surface area contributed by atoms with Crippen LogP contribution in [0.15, 0.2) is 68.3 Å². The van der Waals surface area contributed by atoms with Gasteiger partial charge in [0.25, 0.3) is 0 Å². The molecule has 0 saturated heterocycles. The lowest BCUT2D eigenvalue weighted by Crippen LogP contribution is -1.99. The van der Waals surface area contributed by atoms with Crippen molar-refractivity contribution in [3.05, 3.63) is 85.5 Å². The lowest BCUT2D eigenvalue weighted by molar-refractivity contribution is 1.05. The van der Waals surface area contributed by atoms with Crippen LogP contribution < -0.4 is 0 Å². The Labute approximate surface area is 121 Å². The number of allylic oxidation sites excluding steroid dienone is 9. The van der Waals surface area contributed by atoms with Crippen LogP contribution in [0.2, 0.25) is 0 Å². The highest BCUT2D eigenvalue weighted by Gasteiger charge is 2.06. The van der Waals surface area contributed by atoms with Crippen molar-refractivity contribution in [2.75, 3.05) is 0 Å². The third-order valence-electron chi connectivity index (χ3n) is 2.61. The van der Waals surface area contributed by atoms with E-state index >= 15 is 0 Å². The molecule has 20 heavy (non-hydrogen) atoms. The molecule has 0 atom stereocenters. The van der Waals surface area contributed by atoms with Gasteiger partial charge in [0, 0.05) is 11.3 Å². The Kier molecular flexibility index (Phi) is 6.11. The van der Waals surface area contributed by atoms with Crippen molar-refractivity contribution in [2.45, 2.75) is 13.8 Å². The summed E-state index contributed by atoms with van der Waals surface area (Å²) in [6, 6.07) is 1.93. The quantitative estimate of drug-likeness (QED) is 0.697. The smallest absolute Gasteiger partial charge is 0.159 e. The van der Waals surface area contributed by atoms with E-state index in [9.17, 15) is 0 Å². The Morgan fingerprint density at radius 1 is 1.05 bits per heavy atom. The van der Waals surface area contributed by atoms with Gasteiger partial charge < -0.3 is 0 Å². The van der Waals surface area contributed by atoms with Crippen molar-refractivity contribution >= 4 is 11.1 Å². The van der Waals surface area contributed by atoms with Gasteiger partial charge in [0.1, 0.15) is 0 Å². The molecular weight excluding hydrogens is 244 g/mol. The second-order valence-corrected chi connectivity index (χ2v) is 4.13. The fourth-order valence-corrected chi connectivity index (χ4v) is 1.66. The van der Waals surface area contributed by atoms with Gasteiger partial charge >= 0.3 is 0 Å². The van der Waals surface area contributed by atoms with E-state index in [0.717, 1.165) is 22.5 Å². The van der Waals surface area contributed by atoms with Crippen LogP contribution in [0, 0.1) is 6.92 Å².